The molecule has 0 N–H and O–H groups in total. The van der Waals surface area contributed by atoms with Crippen molar-refractivity contribution in [2.75, 3.05) is 0 Å². The van der Waals surface area contributed by atoms with Crippen molar-refractivity contribution in [1.29, 1.82) is 0 Å². The maximum atomic E-state index is 5.86. The molecule has 1 unspecified atom stereocenters. The third kappa shape index (κ3) is 3.09. The first-order valence-electron chi connectivity index (χ1n) is 7.91. The molecule has 2 heterocycles. The highest BCUT2D eigenvalue weighted by atomic mass is 16.5. The molecule has 0 saturated carbocycles. The summed E-state index contributed by atoms with van der Waals surface area (Å²) in [4.78, 5) is 0. The predicted molar refractivity (Wildman–Crippen MR) is 82.4 cm³/mol. The molecule has 0 amide bonds. The van der Waals surface area contributed by atoms with E-state index in [1.165, 1.54) is 18.4 Å². The fourth-order valence-corrected chi connectivity index (χ4v) is 2.75. The van der Waals surface area contributed by atoms with Crippen LogP contribution in [0.5, 0.6) is 5.75 Å². The highest BCUT2D eigenvalue weighted by Gasteiger charge is 2.15. The number of hydrogen-bond acceptors (Lipinski definition) is 3. The molecule has 0 spiro atoms. The first-order chi connectivity index (χ1) is 10.3. The van der Waals surface area contributed by atoms with Crippen LogP contribution in [0.3, 0.4) is 0 Å². The molecular weight excluding hydrogens is 262 g/mol. The Kier molecular flexibility index (Phi) is 4.23. The number of fused-ring (bicyclic) bond motifs is 1. The van der Waals surface area contributed by atoms with Gasteiger partial charge in [-0.1, -0.05) is 26.0 Å². The van der Waals surface area contributed by atoms with Gasteiger partial charge in [0.2, 0.25) is 0 Å². The average molecular weight is 285 g/mol. The molecule has 21 heavy (non-hydrogen) atoms. The Bertz CT molecular complexity index is 589. The summed E-state index contributed by atoms with van der Waals surface area (Å²) in [6, 6.07) is 8.41. The minimum atomic E-state index is 0.496. The van der Waals surface area contributed by atoms with Crippen LogP contribution in [0, 0.1) is 0 Å². The van der Waals surface area contributed by atoms with E-state index in [1.54, 1.807) is 0 Å². The molecule has 0 bridgehead atoms. The van der Waals surface area contributed by atoms with E-state index in [9.17, 15) is 0 Å². The van der Waals surface area contributed by atoms with Crippen LogP contribution in [0.4, 0.5) is 0 Å². The van der Waals surface area contributed by atoms with Crippen molar-refractivity contribution >= 4 is 0 Å². The zero-order chi connectivity index (χ0) is 14.7. The van der Waals surface area contributed by atoms with Crippen LogP contribution in [0.25, 0.3) is 0 Å². The van der Waals surface area contributed by atoms with E-state index >= 15 is 0 Å². The summed E-state index contributed by atoms with van der Waals surface area (Å²) in [6.07, 6.45) is 4.63. The van der Waals surface area contributed by atoms with Crippen molar-refractivity contribution in [3.8, 4) is 5.75 Å². The summed E-state index contributed by atoms with van der Waals surface area (Å²) in [5.41, 5.74) is 1.37. The number of nitrogens with zero attached hydrogens (tertiary/aromatic N) is 3. The Balaban J connectivity index is 1.64. The van der Waals surface area contributed by atoms with Gasteiger partial charge in [-0.05, 0) is 42.9 Å². The van der Waals surface area contributed by atoms with E-state index in [-0.39, 0.29) is 0 Å². The molecule has 4 heteroatoms. The monoisotopic (exact) mass is 285 g/mol. The van der Waals surface area contributed by atoms with Crippen molar-refractivity contribution in [2.45, 2.75) is 58.6 Å². The van der Waals surface area contributed by atoms with Gasteiger partial charge in [0, 0.05) is 13.0 Å². The fourth-order valence-electron chi connectivity index (χ4n) is 2.75. The molecule has 4 nitrogen and oxygen atoms in total. The molecule has 1 atom stereocenters. The summed E-state index contributed by atoms with van der Waals surface area (Å²) < 4.78 is 8.07. The Morgan fingerprint density at radius 1 is 1.19 bits per heavy atom. The Labute approximate surface area is 126 Å². The first-order valence-corrected chi connectivity index (χ1v) is 7.91. The molecule has 2 aromatic rings. The lowest BCUT2D eigenvalue weighted by atomic mass is 9.99. The third-order valence-electron chi connectivity index (χ3n) is 4.37. The standard InChI is InChI=1S/C17H23N3O/c1-3-13(2)14-7-9-15(10-8-14)21-12-17-19-18-16-6-4-5-11-20(16)17/h7-10,13H,3-6,11-12H2,1-2H3. The first kappa shape index (κ1) is 14.1. The fraction of sp³-hybridized carbons (Fsp3) is 0.529. The molecule has 0 radical (unpaired) electrons. The molecule has 3 rings (SSSR count). The van der Waals surface area contributed by atoms with Crippen molar-refractivity contribution in [3.63, 3.8) is 0 Å². The van der Waals surface area contributed by atoms with Gasteiger partial charge in [-0.15, -0.1) is 10.2 Å². The van der Waals surface area contributed by atoms with Crippen molar-refractivity contribution in [1.82, 2.24) is 14.8 Å². The maximum absolute atomic E-state index is 5.86. The van der Waals surface area contributed by atoms with Crippen molar-refractivity contribution in [2.24, 2.45) is 0 Å². The summed E-state index contributed by atoms with van der Waals surface area (Å²) in [5, 5.41) is 8.51. The smallest absolute Gasteiger partial charge is 0.171 e. The normalized spacial score (nSPS) is 15.5. The quantitative estimate of drug-likeness (QED) is 0.841. The topological polar surface area (TPSA) is 39.9 Å². The average Bonchev–Trinajstić information content (AvgIpc) is 2.96. The van der Waals surface area contributed by atoms with Crippen LogP contribution in [0.1, 0.15) is 56.2 Å². The van der Waals surface area contributed by atoms with Crippen molar-refractivity contribution < 1.29 is 4.74 Å². The Hall–Kier alpha value is -1.84. The summed E-state index contributed by atoms with van der Waals surface area (Å²) in [6.45, 7) is 5.98. The molecule has 1 aromatic heterocycles. The number of hydrogen-bond donors (Lipinski definition) is 0. The van der Waals surface area contributed by atoms with Gasteiger partial charge >= 0.3 is 0 Å². The third-order valence-corrected chi connectivity index (χ3v) is 4.37. The van der Waals surface area contributed by atoms with E-state index in [0.717, 1.165) is 36.8 Å². The van der Waals surface area contributed by atoms with E-state index in [0.29, 0.717) is 12.5 Å². The second kappa shape index (κ2) is 6.29. The Morgan fingerprint density at radius 3 is 2.76 bits per heavy atom. The van der Waals surface area contributed by atoms with E-state index in [2.05, 4.69) is 52.9 Å². The van der Waals surface area contributed by atoms with Gasteiger partial charge in [0.1, 0.15) is 18.2 Å². The number of rotatable bonds is 5. The lowest BCUT2D eigenvalue weighted by Gasteiger charge is -2.15. The van der Waals surface area contributed by atoms with Crippen LogP contribution in [0.15, 0.2) is 24.3 Å². The summed E-state index contributed by atoms with van der Waals surface area (Å²) >= 11 is 0. The summed E-state index contributed by atoms with van der Waals surface area (Å²) in [5.74, 6) is 3.54. The number of benzene rings is 1. The number of aryl methyl sites for hydroxylation is 1. The maximum Gasteiger partial charge on any atom is 0.171 e. The molecule has 0 fully saturated rings. The van der Waals surface area contributed by atoms with E-state index in [1.807, 2.05) is 0 Å². The van der Waals surface area contributed by atoms with Crippen LogP contribution >= 0.6 is 0 Å². The van der Waals surface area contributed by atoms with Gasteiger partial charge in [-0.2, -0.15) is 0 Å². The highest BCUT2D eigenvalue weighted by molar-refractivity contribution is 5.29. The molecule has 112 valence electrons. The van der Waals surface area contributed by atoms with Gasteiger partial charge in [-0.25, -0.2) is 0 Å². The molecule has 1 aliphatic rings. The van der Waals surface area contributed by atoms with E-state index < -0.39 is 0 Å². The Morgan fingerprint density at radius 2 is 2.00 bits per heavy atom. The molecule has 0 saturated heterocycles. The molecule has 0 aliphatic carbocycles. The predicted octanol–water partition coefficient (Wildman–Crippen LogP) is 3.71. The van der Waals surface area contributed by atoms with E-state index in [4.69, 9.17) is 4.74 Å². The van der Waals surface area contributed by atoms with Gasteiger partial charge < -0.3 is 9.30 Å². The highest BCUT2D eigenvalue weighted by Crippen LogP contribution is 2.22. The van der Waals surface area contributed by atoms with Crippen LogP contribution in [-0.2, 0) is 19.6 Å². The van der Waals surface area contributed by atoms with Crippen LogP contribution < -0.4 is 4.74 Å². The largest absolute Gasteiger partial charge is 0.486 e. The second-order valence-corrected chi connectivity index (χ2v) is 5.81. The number of ether oxygens (including phenoxy) is 1. The second-order valence-electron chi connectivity index (χ2n) is 5.81. The van der Waals surface area contributed by atoms with Crippen molar-refractivity contribution in [3.05, 3.63) is 41.5 Å². The zero-order valence-corrected chi connectivity index (χ0v) is 12.9. The zero-order valence-electron chi connectivity index (χ0n) is 12.9. The lowest BCUT2D eigenvalue weighted by molar-refractivity contribution is 0.286. The molecular formula is C17H23N3O. The van der Waals surface area contributed by atoms with Crippen LogP contribution in [-0.4, -0.2) is 14.8 Å². The molecule has 1 aromatic carbocycles. The lowest BCUT2D eigenvalue weighted by Crippen LogP contribution is -2.14. The minimum absolute atomic E-state index is 0.496. The summed E-state index contributed by atoms with van der Waals surface area (Å²) in [7, 11) is 0. The SMILES string of the molecule is CCC(C)c1ccc(OCc2nnc3n2CCCC3)cc1. The van der Waals surface area contributed by atoms with Crippen LogP contribution in [0.2, 0.25) is 0 Å². The van der Waals surface area contributed by atoms with Gasteiger partial charge in [-0.3, -0.25) is 0 Å². The van der Waals surface area contributed by atoms with Gasteiger partial charge in [0.05, 0.1) is 0 Å². The number of aromatic nitrogens is 3. The minimum Gasteiger partial charge on any atom is -0.486 e. The van der Waals surface area contributed by atoms with Gasteiger partial charge in [0.25, 0.3) is 0 Å². The van der Waals surface area contributed by atoms with Gasteiger partial charge in [0.15, 0.2) is 5.82 Å². The molecule has 1 aliphatic heterocycles.